The van der Waals surface area contributed by atoms with Crippen molar-refractivity contribution in [3.8, 4) is 0 Å². The zero-order valence-electron chi connectivity index (χ0n) is 14.5. The molecule has 3 aromatic rings. The highest BCUT2D eigenvalue weighted by Crippen LogP contribution is 2.38. The van der Waals surface area contributed by atoms with E-state index in [4.69, 9.17) is 23.2 Å². The van der Waals surface area contributed by atoms with Gasteiger partial charge in [0.25, 0.3) is 0 Å². The minimum absolute atomic E-state index is 0.566. The Kier molecular flexibility index (Phi) is 5.28. The van der Waals surface area contributed by atoms with Crippen LogP contribution in [0.25, 0.3) is 16.6 Å². The zero-order valence-corrected chi connectivity index (χ0v) is 16.8. The number of benzene rings is 1. The van der Waals surface area contributed by atoms with E-state index in [0.717, 1.165) is 36.5 Å². The Bertz CT molecular complexity index is 980. The molecule has 0 fully saturated rings. The zero-order chi connectivity index (χ0) is 18.1. The van der Waals surface area contributed by atoms with Crippen molar-refractivity contribution in [3.05, 3.63) is 64.4 Å². The average Bonchev–Trinajstić information content (AvgIpc) is 2.86. The van der Waals surface area contributed by atoms with E-state index in [-0.39, 0.29) is 0 Å². The van der Waals surface area contributed by atoms with Crippen molar-refractivity contribution in [3.63, 3.8) is 0 Å². The van der Waals surface area contributed by atoms with Crippen LogP contribution in [0.1, 0.15) is 18.4 Å². The van der Waals surface area contributed by atoms with E-state index >= 15 is 0 Å². The van der Waals surface area contributed by atoms with E-state index in [1.165, 1.54) is 16.5 Å². The lowest BCUT2D eigenvalue weighted by Gasteiger charge is -2.12. The molecule has 0 unspecified atom stereocenters. The molecule has 134 valence electrons. The van der Waals surface area contributed by atoms with Crippen LogP contribution in [0.5, 0.6) is 0 Å². The predicted octanol–water partition coefficient (Wildman–Crippen LogP) is 6.01. The Morgan fingerprint density at radius 3 is 2.88 bits per heavy atom. The number of hydrogen-bond acceptors (Lipinski definition) is 3. The highest BCUT2D eigenvalue weighted by molar-refractivity contribution is 7.98. The maximum absolute atomic E-state index is 6.38. The summed E-state index contributed by atoms with van der Waals surface area (Å²) in [6.07, 6.45) is 8.50. The molecule has 0 saturated heterocycles. The van der Waals surface area contributed by atoms with E-state index in [1.807, 2.05) is 24.4 Å². The summed E-state index contributed by atoms with van der Waals surface area (Å²) in [4.78, 5) is 7.91. The molecule has 0 atom stereocenters. The predicted molar refractivity (Wildman–Crippen MR) is 112 cm³/mol. The molecule has 3 heterocycles. The van der Waals surface area contributed by atoms with E-state index < -0.39 is 0 Å². The molecule has 0 amide bonds. The van der Waals surface area contributed by atoms with Crippen LogP contribution in [0, 0.1) is 0 Å². The first-order valence-electron chi connectivity index (χ1n) is 8.60. The van der Waals surface area contributed by atoms with Gasteiger partial charge in [0.1, 0.15) is 0 Å². The minimum Gasteiger partial charge on any atom is -0.306 e. The molecule has 26 heavy (non-hydrogen) atoms. The van der Waals surface area contributed by atoms with Crippen LogP contribution in [-0.2, 0) is 0 Å². The number of pyridine rings is 1. The van der Waals surface area contributed by atoms with E-state index in [1.54, 1.807) is 18.0 Å². The lowest BCUT2D eigenvalue weighted by molar-refractivity contribution is 0.355. The van der Waals surface area contributed by atoms with Gasteiger partial charge in [-0.15, -0.1) is 0 Å². The van der Waals surface area contributed by atoms with E-state index in [9.17, 15) is 0 Å². The topological polar surface area (TPSA) is 21.1 Å². The summed E-state index contributed by atoms with van der Waals surface area (Å²) in [6.45, 7) is 2.18. The Hall–Kier alpha value is -1.46. The Balaban J connectivity index is 1.77. The van der Waals surface area contributed by atoms with Gasteiger partial charge in [0, 0.05) is 41.3 Å². The second kappa shape index (κ2) is 7.65. The van der Waals surface area contributed by atoms with Gasteiger partial charge in [-0.25, -0.2) is 4.98 Å². The highest BCUT2D eigenvalue weighted by atomic mass is 35.5. The van der Waals surface area contributed by atoms with Crippen LogP contribution in [0.2, 0.25) is 10.0 Å². The van der Waals surface area contributed by atoms with Gasteiger partial charge in [0.15, 0.2) is 5.65 Å². The minimum atomic E-state index is 0.566. The maximum atomic E-state index is 6.38. The molecular formula is C20H19Cl2N3S. The summed E-state index contributed by atoms with van der Waals surface area (Å²) in [7, 11) is 2.18. The number of hydrogen-bond donors (Lipinski definition) is 0. The van der Waals surface area contributed by atoms with Crippen molar-refractivity contribution in [2.75, 3.05) is 20.1 Å². The monoisotopic (exact) mass is 403 g/mol. The van der Waals surface area contributed by atoms with Crippen molar-refractivity contribution in [1.29, 1.82) is 0 Å². The van der Waals surface area contributed by atoms with Crippen molar-refractivity contribution in [2.45, 2.75) is 17.7 Å². The smallest absolute Gasteiger partial charge is 0.150 e. The first kappa shape index (κ1) is 17.9. The van der Waals surface area contributed by atoms with Gasteiger partial charge in [-0.2, -0.15) is 0 Å². The van der Waals surface area contributed by atoms with Gasteiger partial charge in [-0.3, -0.25) is 3.97 Å². The molecular weight excluding hydrogens is 385 g/mol. The Labute approximate surface area is 167 Å². The van der Waals surface area contributed by atoms with Gasteiger partial charge >= 0.3 is 0 Å². The second-order valence-electron chi connectivity index (χ2n) is 6.46. The van der Waals surface area contributed by atoms with Crippen LogP contribution in [0.4, 0.5) is 0 Å². The van der Waals surface area contributed by atoms with Gasteiger partial charge in [-0.1, -0.05) is 35.3 Å². The van der Waals surface area contributed by atoms with Gasteiger partial charge in [-0.05, 0) is 61.7 Å². The molecule has 6 heteroatoms. The Morgan fingerprint density at radius 2 is 2.00 bits per heavy atom. The molecule has 1 aliphatic rings. The summed E-state index contributed by atoms with van der Waals surface area (Å²) in [5.41, 5.74) is 3.60. The Morgan fingerprint density at radius 1 is 1.12 bits per heavy atom. The standard InChI is InChI=1S/C20H19Cl2N3S/c1-24-11-4-5-14(9-12-24)16-13-25(20-15(16)6-3-10-23-20)26-18-8-2-7-17(21)19(18)22/h2-3,5-8,10,13H,4,9,11-12H2,1H3. The lowest BCUT2D eigenvalue weighted by Crippen LogP contribution is -2.18. The van der Waals surface area contributed by atoms with Gasteiger partial charge in [0.05, 0.1) is 10.0 Å². The second-order valence-corrected chi connectivity index (χ2v) is 8.26. The molecule has 0 saturated carbocycles. The van der Waals surface area contributed by atoms with Gasteiger partial charge in [0.2, 0.25) is 0 Å². The number of fused-ring (bicyclic) bond motifs is 1. The molecule has 4 rings (SSSR count). The van der Waals surface area contributed by atoms with E-state index in [0.29, 0.717) is 10.0 Å². The molecule has 0 radical (unpaired) electrons. The third-order valence-electron chi connectivity index (χ3n) is 4.66. The number of halogens is 2. The fraction of sp³-hybridized carbons (Fsp3) is 0.250. The molecule has 3 nitrogen and oxygen atoms in total. The summed E-state index contributed by atoms with van der Waals surface area (Å²) in [5.74, 6) is 0. The average molecular weight is 404 g/mol. The molecule has 0 N–H and O–H groups in total. The lowest BCUT2D eigenvalue weighted by atomic mass is 10.0. The summed E-state index contributed by atoms with van der Waals surface area (Å²) < 4.78 is 2.09. The summed E-state index contributed by atoms with van der Waals surface area (Å²) in [5, 5.41) is 2.32. The third-order valence-corrected chi connectivity index (χ3v) is 6.60. The van der Waals surface area contributed by atoms with Gasteiger partial charge < -0.3 is 4.90 Å². The van der Waals surface area contributed by atoms with E-state index in [2.05, 4.69) is 39.2 Å². The molecule has 1 aromatic carbocycles. The number of rotatable bonds is 3. The largest absolute Gasteiger partial charge is 0.306 e. The van der Waals surface area contributed by atoms with Crippen LogP contribution >= 0.6 is 35.1 Å². The first-order chi connectivity index (χ1) is 12.6. The quantitative estimate of drug-likeness (QED) is 0.534. The fourth-order valence-corrected chi connectivity index (χ4v) is 4.64. The molecule has 1 aliphatic heterocycles. The third kappa shape index (κ3) is 3.52. The first-order valence-corrected chi connectivity index (χ1v) is 10.1. The number of aromatic nitrogens is 2. The van der Waals surface area contributed by atoms with Crippen molar-refractivity contribution in [2.24, 2.45) is 0 Å². The molecule has 0 aliphatic carbocycles. The van der Waals surface area contributed by atoms with Crippen molar-refractivity contribution in [1.82, 2.24) is 13.9 Å². The number of nitrogens with zero attached hydrogens (tertiary/aromatic N) is 3. The van der Waals surface area contributed by atoms with Crippen LogP contribution < -0.4 is 0 Å². The summed E-state index contributed by atoms with van der Waals surface area (Å²) >= 11 is 14.1. The van der Waals surface area contributed by atoms with Crippen LogP contribution in [0.15, 0.2) is 53.7 Å². The van der Waals surface area contributed by atoms with Crippen LogP contribution in [-0.4, -0.2) is 34.0 Å². The molecule has 2 aromatic heterocycles. The van der Waals surface area contributed by atoms with Crippen molar-refractivity contribution >= 4 is 51.8 Å². The molecule has 0 spiro atoms. The SMILES string of the molecule is CN1CCC=C(c2cn(Sc3cccc(Cl)c3Cl)c3ncccc23)CC1. The van der Waals surface area contributed by atoms with Crippen LogP contribution in [0.3, 0.4) is 0 Å². The molecule has 0 bridgehead atoms. The summed E-state index contributed by atoms with van der Waals surface area (Å²) in [6, 6.07) is 9.84. The highest BCUT2D eigenvalue weighted by Gasteiger charge is 2.17. The fourth-order valence-electron chi connectivity index (χ4n) is 3.25. The van der Waals surface area contributed by atoms with Crippen molar-refractivity contribution < 1.29 is 0 Å². The maximum Gasteiger partial charge on any atom is 0.150 e. The normalized spacial score (nSPS) is 15.9.